The SMILES string of the molecule is CS(=O)(=O)c1ccc(CC(=O)O)c(O)c1F. The van der Waals surface area contributed by atoms with E-state index in [4.69, 9.17) is 5.11 Å². The second-order valence-electron chi connectivity index (χ2n) is 3.23. The van der Waals surface area contributed by atoms with Crippen molar-refractivity contribution in [2.75, 3.05) is 6.26 Å². The van der Waals surface area contributed by atoms with E-state index < -0.39 is 38.7 Å². The van der Waals surface area contributed by atoms with Crippen LogP contribution in [-0.4, -0.2) is 30.9 Å². The molecule has 88 valence electrons. The number of sulfone groups is 1. The lowest BCUT2D eigenvalue weighted by atomic mass is 10.1. The molecule has 0 heterocycles. The molecule has 1 rings (SSSR count). The van der Waals surface area contributed by atoms with Crippen LogP contribution in [0.3, 0.4) is 0 Å². The van der Waals surface area contributed by atoms with Crippen LogP contribution in [0.1, 0.15) is 5.56 Å². The molecule has 0 atom stereocenters. The van der Waals surface area contributed by atoms with Crippen molar-refractivity contribution in [3.63, 3.8) is 0 Å². The van der Waals surface area contributed by atoms with Crippen molar-refractivity contribution in [3.8, 4) is 5.75 Å². The molecule has 0 aromatic heterocycles. The van der Waals surface area contributed by atoms with Gasteiger partial charge in [0.15, 0.2) is 21.4 Å². The quantitative estimate of drug-likeness (QED) is 0.815. The Balaban J connectivity index is 3.35. The molecule has 0 unspecified atom stereocenters. The summed E-state index contributed by atoms with van der Waals surface area (Å²) in [4.78, 5) is 9.71. The molecule has 0 saturated carbocycles. The number of phenolic OH excluding ortho intramolecular Hbond substituents is 1. The number of rotatable bonds is 3. The fourth-order valence-corrected chi connectivity index (χ4v) is 1.92. The zero-order valence-electron chi connectivity index (χ0n) is 8.27. The van der Waals surface area contributed by atoms with Gasteiger partial charge in [0.1, 0.15) is 4.90 Å². The average molecular weight is 248 g/mol. The topological polar surface area (TPSA) is 91.7 Å². The van der Waals surface area contributed by atoms with Crippen molar-refractivity contribution >= 4 is 15.8 Å². The minimum Gasteiger partial charge on any atom is -0.505 e. The van der Waals surface area contributed by atoms with Crippen molar-refractivity contribution in [2.45, 2.75) is 11.3 Å². The molecule has 16 heavy (non-hydrogen) atoms. The molecular weight excluding hydrogens is 239 g/mol. The van der Waals surface area contributed by atoms with Gasteiger partial charge >= 0.3 is 5.97 Å². The molecule has 0 saturated heterocycles. The normalized spacial score (nSPS) is 11.4. The summed E-state index contributed by atoms with van der Waals surface area (Å²) in [6.07, 6.45) is 0.217. The van der Waals surface area contributed by atoms with Gasteiger partial charge in [-0.2, -0.15) is 0 Å². The van der Waals surface area contributed by atoms with Gasteiger partial charge in [0.05, 0.1) is 6.42 Å². The van der Waals surface area contributed by atoms with Gasteiger partial charge in [0, 0.05) is 11.8 Å². The summed E-state index contributed by atoms with van der Waals surface area (Å²) in [7, 11) is -3.78. The summed E-state index contributed by atoms with van der Waals surface area (Å²) in [5.74, 6) is -3.51. The minimum atomic E-state index is -3.78. The number of phenols is 1. The molecule has 0 bridgehead atoms. The molecule has 7 heteroatoms. The van der Waals surface area contributed by atoms with Gasteiger partial charge in [-0.1, -0.05) is 6.07 Å². The van der Waals surface area contributed by atoms with Crippen LogP contribution in [0.5, 0.6) is 5.75 Å². The highest BCUT2D eigenvalue weighted by atomic mass is 32.2. The number of benzene rings is 1. The molecule has 5 nitrogen and oxygen atoms in total. The average Bonchev–Trinajstić information content (AvgIpc) is 2.10. The number of aromatic hydroxyl groups is 1. The standard InChI is InChI=1S/C9H9FO5S/c1-16(14,15)6-3-2-5(4-7(11)12)9(13)8(6)10/h2-3,13H,4H2,1H3,(H,11,12). The summed E-state index contributed by atoms with van der Waals surface area (Å²) in [5.41, 5.74) is -0.169. The van der Waals surface area contributed by atoms with E-state index in [-0.39, 0.29) is 5.56 Å². The maximum absolute atomic E-state index is 13.4. The predicted octanol–water partition coefficient (Wildman–Crippen LogP) is 0.562. The lowest BCUT2D eigenvalue weighted by Gasteiger charge is -2.06. The number of hydrogen-bond donors (Lipinski definition) is 2. The van der Waals surface area contributed by atoms with Gasteiger partial charge < -0.3 is 10.2 Å². The van der Waals surface area contributed by atoms with Gasteiger partial charge in [-0.25, -0.2) is 12.8 Å². The summed E-state index contributed by atoms with van der Waals surface area (Å²) in [5, 5.41) is 17.7. The van der Waals surface area contributed by atoms with Crippen LogP contribution in [0, 0.1) is 5.82 Å². The summed E-state index contributed by atoms with van der Waals surface area (Å²) < 4.78 is 35.5. The predicted molar refractivity (Wildman–Crippen MR) is 52.5 cm³/mol. The van der Waals surface area contributed by atoms with E-state index in [2.05, 4.69) is 0 Å². The van der Waals surface area contributed by atoms with Gasteiger partial charge in [-0.3, -0.25) is 4.79 Å². The Labute approximate surface area is 91.1 Å². The first kappa shape index (κ1) is 12.4. The molecule has 0 amide bonds. The Morgan fingerprint density at radius 3 is 2.44 bits per heavy atom. The van der Waals surface area contributed by atoms with Crippen LogP contribution in [0.25, 0.3) is 0 Å². The third-order valence-corrected chi connectivity index (χ3v) is 3.02. The van der Waals surface area contributed by atoms with Crippen LogP contribution < -0.4 is 0 Å². The van der Waals surface area contributed by atoms with Crippen LogP contribution in [0.2, 0.25) is 0 Å². The Morgan fingerprint density at radius 2 is 2.00 bits per heavy atom. The maximum atomic E-state index is 13.4. The largest absolute Gasteiger partial charge is 0.505 e. The van der Waals surface area contributed by atoms with E-state index in [1.54, 1.807) is 0 Å². The van der Waals surface area contributed by atoms with E-state index in [0.29, 0.717) is 0 Å². The van der Waals surface area contributed by atoms with Crippen molar-refractivity contribution in [2.24, 2.45) is 0 Å². The third-order valence-electron chi connectivity index (χ3n) is 1.91. The molecule has 0 aliphatic carbocycles. The van der Waals surface area contributed by atoms with Crippen LogP contribution in [0.15, 0.2) is 17.0 Å². The van der Waals surface area contributed by atoms with Crippen LogP contribution in [0.4, 0.5) is 4.39 Å². The number of aliphatic carboxylic acids is 1. The van der Waals surface area contributed by atoms with Gasteiger partial charge in [-0.05, 0) is 6.07 Å². The molecule has 1 aromatic carbocycles. The minimum absolute atomic E-state index is 0.169. The lowest BCUT2D eigenvalue weighted by Crippen LogP contribution is -2.05. The number of halogens is 1. The fourth-order valence-electron chi connectivity index (χ4n) is 1.18. The van der Waals surface area contributed by atoms with E-state index in [1.165, 1.54) is 0 Å². The third kappa shape index (κ3) is 2.48. The van der Waals surface area contributed by atoms with Crippen molar-refractivity contribution in [1.29, 1.82) is 0 Å². The molecule has 2 N–H and O–H groups in total. The Bertz CT molecular complexity index is 535. The monoisotopic (exact) mass is 248 g/mol. The van der Waals surface area contributed by atoms with Gasteiger partial charge in [-0.15, -0.1) is 0 Å². The Morgan fingerprint density at radius 1 is 1.44 bits per heavy atom. The van der Waals surface area contributed by atoms with Crippen LogP contribution in [-0.2, 0) is 21.1 Å². The highest BCUT2D eigenvalue weighted by molar-refractivity contribution is 7.90. The van der Waals surface area contributed by atoms with Crippen molar-refractivity contribution in [3.05, 3.63) is 23.5 Å². The molecule has 0 aliphatic heterocycles. The van der Waals surface area contributed by atoms with Gasteiger partial charge in [0.2, 0.25) is 0 Å². The number of carboxylic acids is 1. The molecule has 0 aliphatic rings. The summed E-state index contributed by atoms with van der Waals surface area (Å²) >= 11 is 0. The second kappa shape index (κ2) is 4.09. The fraction of sp³-hybridized carbons (Fsp3) is 0.222. The van der Waals surface area contributed by atoms with Crippen LogP contribution >= 0.6 is 0 Å². The zero-order chi connectivity index (χ0) is 12.5. The summed E-state index contributed by atoms with van der Waals surface area (Å²) in [6, 6.07) is 2.01. The molecule has 0 spiro atoms. The first-order valence-corrected chi connectivity index (χ1v) is 6.05. The van der Waals surface area contributed by atoms with Crippen molar-refractivity contribution < 1.29 is 27.8 Å². The second-order valence-corrected chi connectivity index (χ2v) is 5.21. The number of carboxylic acid groups (broad SMARTS) is 1. The Kier molecular flexibility index (Phi) is 3.18. The molecule has 0 fully saturated rings. The van der Waals surface area contributed by atoms with Gasteiger partial charge in [0.25, 0.3) is 0 Å². The van der Waals surface area contributed by atoms with E-state index in [0.717, 1.165) is 18.4 Å². The molecule has 1 aromatic rings. The van der Waals surface area contributed by atoms with Crippen molar-refractivity contribution in [1.82, 2.24) is 0 Å². The lowest BCUT2D eigenvalue weighted by molar-refractivity contribution is -0.136. The first-order chi connectivity index (χ1) is 7.23. The van der Waals surface area contributed by atoms with E-state index in [1.807, 2.05) is 0 Å². The molecule has 0 radical (unpaired) electrons. The molecular formula is C9H9FO5S. The smallest absolute Gasteiger partial charge is 0.307 e. The number of hydrogen-bond acceptors (Lipinski definition) is 4. The highest BCUT2D eigenvalue weighted by Crippen LogP contribution is 2.27. The zero-order valence-corrected chi connectivity index (χ0v) is 9.08. The maximum Gasteiger partial charge on any atom is 0.307 e. The van der Waals surface area contributed by atoms with E-state index >= 15 is 0 Å². The Hall–Kier alpha value is -1.63. The summed E-state index contributed by atoms with van der Waals surface area (Å²) in [6.45, 7) is 0. The first-order valence-electron chi connectivity index (χ1n) is 4.15. The highest BCUT2D eigenvalue weighted by Gasteiger charge is 2.20. The van der Waals surface area contributed by atoms with E-state index in [9.17, 15) is 22.7 Å². The number of carbonyl (C=O) groups is 1.